The van der Waals surface area contributed by atoms with E-state index in [1.807, 2.05) is 11.8 Å². The maximum absolute atomic E-state index is 12.9. The van der Waals surface area contributed by atoms with Crippen molar-refractivity contribution in [2.45, 2.75) is 32.3 Å². The quantitative estimate of drug-likeness (QED) is 0.791. The lowest BCUT2D eigenvalue weighted by atomic mass is 9.76. The molecule has 5 nitrogen and oxygen atoms in total. The van der Waals surface area contributed by atoms with Gasteiger partial charge in [-0.05, 0) is 55.9 Å². The maximum atomic E-state index is 12.9. The fourth-order valence-corrected chi connectivity index (χ4v) is 3.60. The molecule has 2 fully saturated rings. The molecule has 2 heterocycles. The summed E-state index contributed by atoms with van der Waals surface area (Å²) in [7, 11) is 0. The van der Waals surface area contributed by atoms with Crippen LogP contribution in [0.25, 0.3) is 0 Å². The minimum atomic E-state index is -0.318. The Morgan fingerprint density at radius 1 is 1.32 bits per heavy atom. The van der Waals surface area contributed by atoms with E-state index in [4.69, 9.17) is 14.2 Å². The van der Waals surface area contributed by atoms with E-state index in [9.17, 15) is 9.18 Å². The van der Waals surface area contributed by atoms with E-state index < -0.39 is 0 Å². The normalized spacial score (nSPS) is 22.3. The number of hydrogen-bond acceptors (Lipinski definition) is 4. The Kier molecular flexibility index (Phi) is 5.91. The molecule has 6 heteroatoms. The lowest BCUT2D eigenvalue weighted by molar-refractivity contribution is -0.135. The van der Waals surface area contributed by atoms with Crippen LogP contribution in [0.3, 0.4) is 0 Å². The number of carbonyl (C=O) groups excluding carboxylic acids is 1. The molecule has 3 rings (SSSR count). The largest absolute Gasteiger partial charge is 0.484 e. The number of amides is 1. The Labute approximate surface area is 148 Å². The van der Waals surface area contributed by atoms with Crippen molar-refractivity contribution >= 4 is 5.91 Å². The zero-order chi connectivity index (χ0) is 17.7. The minimum absolute atomic E-state index is 0.0118. The van der Waals surface area contributed by atoms with Gasteiger partial charge in [0.1, 0.15) is 11.6 Å². The summed E-state index contributed by atoms with van der Waals surface area (Å²) in [6.45, 7) is 5.58. The molecule has 138 valence electrons. The molecule has 2 aliphatic heterocycles. The maximum Gasteiger partial charge on any atom is 0.260 e. The smallest absolute Gasteiger partial charge is 0.260 e. The molecular weight excluding hydrogens is 325 g/mol. The molecule has 0 N–H and O–H groups in total. The highest BCUT2D eigenvalue weighted by atomic mass is 19.1. The standard InChI is InChI=1S/C19H26FNO4/c1-2-23-12-17-11-19(14-25-17)7-9-21(10-8-19)18(22)13-24-16-5-3-15(20)4-6-16/h3-6,17H,2,7-14H2,1H3/t17-/m1/s1. The van der Waals surface area contributed by atoms with Crippen molar-refractivity contribution in [3.63, 3.8) is 0 Å². The van der Waals surface area contributed by atoms with Crippen LogP contribution in [0.5, 0.6) is 5.75 Å². The first-order valence-electron chi connectivity index (χ1n) is 8.96. The third-order valence-electron chi connectivity index (χ3n) is 5.15. The Bertz CT molecular complexity index is 569. The molecule has 2 saturated heterocycles. The zero-order valence-corrected chi connectivity index (χ0v) is 14.7. The molecule has 1 amide bonds. The van der Waals surface area contributed by atoms with E-state index in [1.165, 1.54) is 24.3 Å². The van der Waals surface area contributed by atoms with Crippen molar-refractivity contribution in [2.75, 3.05) is 39.5 Å². The van der Waals surface area contributed by atoms with Crippen LogP contribution in [-0.4, -0.2) is 56.4 Å². The summed E-state index contributed by atoms with van der Waals surface area (Å²) >= 11 is 0. The first-order chi connectivity index (χ1) is 12.1. The van der Waals surface area contributed by atoms with E-state index in [1.54, 1.807) is 0 Å². The molecule has 2 aliphatic rings. The van der Waals surface area contributed by atoms with Gasteiger partial charge >= 0.3 is 0 Å². The molecule has 1 aromatic rings. The number of rotatable bonds is 6. The predicted octanol–water partition coefficient (Wildman–Crippen LogP) is 2.64. The summed E-state index contributed by atoms with van der Waals surface area (Å²) in [5.74, 6) is 0.163. The number of nitrogens with zero attached hydrogens (tertiary/aromatic N) is 1. The SMILES string of the molecule is CCOC[C@H]1CC2(CCN(C(=O)COc3ccc(F)cc3)CC2)CO1. The third kappa shape index (κ3) is 4.70. The number of likely N-dealkylation sites (tertiary alicyclic amines) is 1. The molecule has 1 aromatic carbocycles. The molecule has 0 bridgehead atoms. The highest BCUT2D eigenvalue weighted by Gasteiger charge is 2.43. The number of benzene rings is 1. The summed E-state index contributed by atoms with van der Waals surface area (Å²) in [5, 5.41) is 0. The Morgan fingerprint density at radius 3 is 2.72 bits per heavy atom. The average Bonchev–Trinajstić information content (AvgIpc) is 3.02. The summed E-state index contributed by atoms with van der Waals surface area (Å²) in [5.41, 5.74) is 0.191. The van der Waals surface area contributed by atoms with Gasteiger partial charge in [-0.3, -0.25) is 4.79 Å². The van der Waals surface area contributed by atoms with Gasteiger partial charge in [-0.25, -0.2) is 4.39 Å². The Balaban J connectivity index is 1.42. The second-order valence-corrected chi connectivity index (χ2v) is 6.92. The summed E-state index contributed by atoms with van der Waals surface area (Å²) in [4.78, 5) is 14.2. The highest BCUT2D eigenvalue weighted by Crippen LogP contribution is 2.42. The molecule has 0 radical (unpaired) electrons. The van der Waals surface area contributed by atoms with E-state index in [0.717, 1.165) is 39.0 Å². The number of halogens is 1. The van der Waals surface area contributed by atoms with Crippen molar-refractivity contribution in [1.29, 1.82) is 0 Å². The van der Waals surface area contributed by atoms with Crippen LogP contribution in [0.1, 0.15) is 26.2 Å². The van der Waals surface area contributed by atoms with Gasteiger partial charge in [0.2, 0.25) is 0 Å². The van der Waals surface area contributed by atoms with Crippen LogP contribution in [0.4, 0.5) is 4.39 Å². The summed E-state index contributed by atoms with van der Waals surface area (Å²) in [6, 6.07) is 5.71. The second kappa shape index (κ2) is 8.15. The predicted molar refractivity (Wildman–Crippen MR) is 91.0 cm³/mol. The van der Waals surface area contributed by atoms with Gasteiger partial charge in [-0.1, -0.05) is 0 Å². The van der Waals surface area contributed by atoms with Gasteiger partial charge in [-0.15, -0.1) is 0 Å². The number of ether oxygens (including phenoxy) is 3. The lowest BCUT2D eigenvalue weighted by Crippen LogP contribution is -2.45. The van der Waals surface area contributed by atoms with Gasteiger partial charge in [-0.2, -0.15) is 0 Å². The zero-order valence-electron chi connectivity index (χ0n) is 14.7. The number of carbonyl (C=O) groups is 1. The van der Waals surface area contributed by atoms with E-state index in [0.29, 0.717) is 19.0 Å². The van der Waals surface area contributed by atoms with E-state index >= 15 is 0 Å². The topological polar surface area (TPSA) is 48.0 Å². The van der Waals surface area contributed by atoms with Gasteiger partial charge < -0.3 is 19.1 Å². The molecule has 1 spiro atoms. The van der Waals surface area contributed by atoms with Crippen molar-refractivity contribution in [2.24, 2.45) is 5.41 Å². The van der Waals surface area contributed by atoms with Gasteiger partial charge in [0.15, 0.2) is 6.61 Å². The fraction of sp³-hybridized carbons (Fsp3) is 0.632. The highest BCUT2D eigenvalue weighted by molar-refractivity contribution is 5.77. The first kappa shape index (κ1) is 18.1. The molecule has 0 aromatic heterocycles. The van der Waals surface area contributed by atoms with Crippen LogP contribution in [0.2, 0.25) is 0 Å². The monoisotopic (exact) mass is 351 g/mol. The van der Waals surface area contributed by atoms with Crippen LogP contribution in [0, 0.1) is 11.2 Å². The number of hydrogen-bond donors (Lipinski definition) is 0. The molecule has 0 aliphatic carbocycles. The second-order valence-electron chi connectivity index (χ2n) is 6.92. The average molecular weight is 351 g/mol. The van der Waals surface area contributed by atoms with E-state index in [-0.39, 0.29) is 29.9 Å². The van der Waals surface area contributed by atoms with Gasteiger partial charge in [0.05, 0.1) is 19.3 Å². The Hall–Kier alpha value is -1.66. The molecule has 25 heavy (non-hydrogen) atoms. The van der Waals surface area contributed by atoms with Gasteiger partial charge in [0, 0.05) is 19.7 Å². The summed E-state index contributed by atoms with van der Waals surface area (Å²) in [6.07, 6.45) is 3.11. The van der Waals surface area contributed by atoms with E-state index in [2.05, 4.69) is 0 Å². The first-order valence-corrected chi connectivity index (χ1v) is 8.96. The van der Waals surface area contributed by atoms with Crippen LogP contribution in [-0.2, 0) is 14.3 Å². The third-order valence-corrected chi connectivity index (χ3v) is 5.15. The van der Waals surface area contributed by atoms with Gasteiger partial charge in [0.25, 0.3) is 5.91 Å². The lowest BCUT2D eigenvalue weighted by Gasteiger charge is -2.38. The fourth-order valence-electron chi connectivity index (χ4n) is 3.60. The molecule has 0 saturated carbocycles. The summed E-state index contributed by atoms with van der Waals surface area (Å²) < 4.78 is 29.7. The van der Waals surface area contributed by atoms with Crippen molar-refractivity contribution in [1.82, 2.24) is 4.90 Å². The van der Waals surface area contributed by atoms with Crippen molar-refractivity contribution in [3.05, 3.63) is 30.1 Å². The van der Waals surface area contributed by atoms with Crippen LogP contribution < -0.4 is 4.74 Å². The minimum Gasteiger partial charge on any atom is -0.484 e. The Morgan fingerprint density at radius 2 is 2.04 bits per heavy atom. The number of piperidine rings is 1. The van der Waals surface area contributed by atoms with Crippen molar-refractivity contribution in [3.8, 4) is 5.75 Å². The molecule has 1 atom stereocenters. The molecular formula is C19H26FNO4. The van der Waals surface area contributed by atoms with Crippen LogP contribution in [0.15, 0.2) is 24.3 Å². The van der Waals surface area contributed by atoms with Crippen molar-refractivity contribution < 1.29 is 23.4 Å². The molecule has 0 unspecified atom stereocenters. The van der Waals surface area contributed by atoms with Crippen LogP contribution >= 0.6 is 0 Å².